The normalized spacial score (nSPS) is 11.9. The van der Waals surface area contributed by atoms with Gasteiger partial charge in [0.2, 0.25) is 5.82 Å². The Bertz CT molecular complexity index is 828. The highest BCUT2D eigenvalue weighted by molar-refractivity contribution is 5.67. The fourth-order valence-electron chi connectivity index (χ4n) is 2.35. The molecule has 3 rings (SSSR count). The van der Waals surface area contributed by atoms with E-state index in [4.69, 9.17) is 14.4 Å². The standard InChI is InChI=1S/C19H18N2O4/c1-13(19-20-18(21-25-19)15-5-3-2-4-6-15)24-16-10-7-14(8-11-16)9-12-17(22)23/h2-8,10-11,13H,9,12H2,1H3,(H,22,23)/t13-/m0/s1. The molecule has 1 heterocycles. The maximum Gasteiger partial charge on any atom is 0.303 e. The molecule has 1 N–H and O–H groups in total. The van der Waals surface area contributed by atoms with E-state index in [1.165, 1.54) is 0 Å². The zero-order valence-corrected chi connectivity index (χ0v) is 13.8. The van der Waals surface area contributed by atoms with Crippen LogP contribution in [0.1, 0.15) is 30.9 Å². The lowest BCUT2D eigenvalue weighted by molar-refractivity contribution is -0.136. The third-order valence-corrected chi connectivity index (χ3v) is 3.69. The minimum Gasteiger partial charge on any atom is -0.481 e. The SMILES string of the molecule is C[C@H](Oc1ccc(CCC(=O)O)cc1)c1nc(-c2ccccc2)no1. The largest absolute Gasteiger partial charge is 0.481 e. The molecule has 128 valence electrons. The molecule has 0 amide bonds. The third kappa shape index (κ3) is 4.44. The van der Waals surface area contributed by atoms with Gasteiger partial charge in [-0.1, -0.05) is 47.6 Å². The molecule has 0 saturated heterocycles. The van der Waals surface area contributed by atoms with Crippen LogP contribution in [0.2, 0.25) is 0 Å². The molecule has 0 aliphatic rings. The number of nitrogens with zero attached hydrogens (tertiary/aromatic N) is 2. The summed E-state index contributed by atoms with van der Waals surface area (Å²) in [6.07, 6.45) is 0.214. The fraction of sp³-hybridized carbons (Fsp3) is 0.211. The predicted molar refractivity (Wildman–Crippen MR) is 91.2 cm³/mol. The molecule has 2 aromatic carbocycles. The molecule has 25 heavy (non-hydrogen) atoms. The van der Waals surface area contributed by atoms with Crippen molar-refractivity contribution in [2.45, 2.75) is 25.9 Å². The number of hydrogen-bond acceptors (Lipinski definition) is 5. The van der Waals surface area contributed by atoms with E-state index in [-0.39, 0.29) is 6.42 Å². The number of aryl methyl sites for hydroxylation is 1. The number of carboxylic acids is 1. The number of carboxylic acid groups (broad SMARTS) is 1. The molecule has 1 atom stereocenters. The van der Waals surface area contributed by atoms with Crippen molar-refractivity contribution in [2.75, 3.05) is 0 Å². The summed E-state index contributed by atoms with van der Waals surface area (Å²) in [5.74, 6) is 0.773. The van der Waals surface area contributed by atoms with Crippen LogP contribution in [-0.2, 0) is 11.2 Å². The van der Waals surface area contributed by atoms with Crippen molar-refractivity contribution < 1.29 is 19.2 Å². The first-order valence-corrected chi connectivity index (χ1v) is 7.98. The molecule has 0 bridgehead atoms. The minimum atomic E-state index is -0.806. The van der Waals surface area contributed by atoms with E-state index in [0.29, 0.717) is 23.9 Å². The van der Waals surface area contributed by atoms with Crippen molar-refractivity contribution >= 4 is 5.97 Å². The summed E-state index contributed by atoms with van der Waals surface area (Å²) in [5, 5.41) is 12.7. The van der Waals surface area contributed by atoms with Gasteiger partial charge in [0.05, 0.1) is 0 Å². The van der Waals surface area contributed by atoms with Crippen LogP contribution in [0.5, 0.6) is 5.75 Å². The predicted octanol–water partition coefficient (Wildman–Crippen LogP) is 3.89. The number of aliphatic carboxylic acids is 1. The van der Waals surface area contributed by atoms with Crippen LogP contribution in [0.15, 0.2) is 59.1 Å². The van der Waals surface area contributed by atoms with E-state index in [1.807, 2.05) is 61.5 Å². The number of benzene rings is 2. The quantitative estimate of drug-likeness (QED) is 0.703. The van der Waals surface area contributed by atoms with E-state index in [1.54, 1.807) is 0 Å². The summed E-state index contributed by atoms with van der Waals surface area (Å²) in [7, 11) is 0. The van der Waals surface area contributed by atoms with Gasteiger partial charge in [-0.2, -0.15) is 4.98 Å². The Labute approximate surface area is 145 Å². The first kappa shape index (κ1) is 16.7. The average Bonchev–Trinajstić information content (AvgIpc) is 3.12. The Morgan fingerprint density at radius 2 is 1.88 bits per heavy atom. The minimum absolute atomic E-state index is 0.112. The van der Waals surface area contributed by atoms with E-state index >= 15 is 0 Å². The van der Waals surface area contributed by atoms with Gasteiger partial charge >= 0.3 is 5.97 Å². The van der Waals surface area contributed by atoms with Gasteiger partial charge in [-0.25, -0.2) is 0 Å². The summed E-state index contributed by atoms with van der Waals surface area (Å²) < 4.78 is 11.1. The second kappa shape index (κ2) is 7.61. The molecule has 6 heteroatoms. The van der Waals surface area contributed by atoms with Gasteiger partial charge in [-0.05, 0) is 31.0 Å². The molecule has 0 fully saturated rings. The third-order valence-electron chi connectivity index (χ3n) is 3.69. The lowest BCUT2D eigenvalue weighted by Gasteiger charge is -2.11. The van der Waals surface area contributed by atoms with Crippen molar-refractivity contribution in [3.05, 3.63) is 66.1 Å². The zero-order chi connectivity index (χ0) is 17.6. The van der Waals surface area contributed by atoms with Gasteiger partial charge in [0, 0.05) is 12.0 Å². The van der Waals surface area contributed by atoms with Gasteiger partial charge in [0.25, 0.3) is 5.89 Å². The zero-order valence-electron chi connectivity index (χ0n) is 13.8. The van der Waals surface area contributed by atoms with E-state index in [2.05, 4.69) is 10.1 Å². The fourth-order valence-corrected chi connectivity index (χ4v) is 2.35. The van der Waals surface area contributed by atoms with Crippen molar-refractivity contribution in [3.8, 4) is 17.1 Å². The Balaban J connectivity index is 1.63. The van der Waals surface area contributed by atoms with Gasteiger partial charge in [0.15, 0.2) is 6.10 Å². The van der Waals surface area contributed by atoms with Gasteiger partial charge in [-0.3, -0.25) is 4.79 Å². The van der Waals surface area contributed by atoms with Crippen LogP contribution in [0, 0.1) is 0 Å². The molecule has 0 saturated carbocycles. The lowest BCUT2D eigenvalue weighted by Crippen LogP contribution is -2.03. The molecule has 0 aliphatic carbocycles. The molecular formula is C19H18N2O4. The number of aromatic nitrogens is 2. The van der Waals surface area contributed by atoms with Crippen LogP contribution in [0.3, 0.4) is 0 Å². The van der Waals surface area contributed by atoms with E-state index in [9.17, 15) is 4.79 Å². The van der Waals surface area contributed by atoms with Gasteiger partial charge < -0.3 is 14.4 Å². The van der Waals surface area contributed by atoms with E-state index < -0.39 is 12.1 Å². The number of hydrogen-bond donors (Lipinski definition) is 1. The summed E-state index contributed by atoms with van der Waals surface area (Å²) in [6, 6.07) is 16.9. The van der Waals surface area contributed by atoms with Gasteiger partial charge in [0.1, 0.15) is 5.75 Å². The summed E-state index contributed by atoms with van der Waals surface area (Å²) in [6.45, 7) is 1.83. The topological polar surface area (TPSA) is 85.5 Å². The second-order valence-electron chi connectivity index (χ2n) is 5.62. The Morgan fingerprint density at radius 3 is 2.56 bits per heavy atom. The maximum atomic E-state index is 10.6. The smallest absolute Gasteiger partial charge is 0.303 e. The van der Waals surface area contributed by atoms with Crippen molar-refractivity contribution in [2.24, 2.45) is 0 Å². The number of carbonyl (C=O) groups is 1. The second-order valence-corrected chi connectivity index (χ2v) is 5.62. The Morgan fingerprint density at radius 1 is 1.16 bits per heavy atom. The molecule has 0 aliphatic heterocycles. The number of ether oxygens (including phenoxy) is 1. The van der Waals surface area contributed by atoms with Crippen LogP contribution < -0.4 is 4.74 Å². The average molecular weight is 338 g/mol. The first-order valence-electron chi connectivity index (χ1n) is 7.98. The number of rotatable bonds is 7. The Kier molecular flexibility index (Phi) is 5.09. The highest BCUT2D eigenvalue weighted by atomic mass is 16.5. The molecule has 0 unspecified atom stereocenters. The van der Waals surface area contributed by atoms with Crippen molar-refractivity contribution in [1.29, 1.82) is 0 Å². The highest BCUT2D eigenvalue weighted by Crippen LogP contribution is 2.23. The first-order chi connectivity index (χ1) is 12.1. The van der Waals surface area contributed by atoms with Gasteiger partial charge in [-0.15, -0.1) is 0 Å². The van der Waals surface area contributed by atoms with E-state index in [0.717, 1.165) is 11.1 Å². The van der Waals surface area contributed by atoms with Crippen LogP contribution in [0.25, 0.3) is 11.4 Å². The van der Waals surface area contributed by atoms with Crippen LogP contribution >= 0.6 is 0 Å². The summed E-state index contributed by atoms with van der Waals surface area (Å²) >= 11 is 0. The maximum absolute atomic E-state index is 10.6. The molecule has 6 nitrogen and oxygen atoms in total. The van der Waals surface area contributed by atoms with Crippen molar-refractivity contribution in [3.63, 3.8) is 0 Å². The van der Waals surface area contributed by atoms with Crippen LogP contribution in [-0.4, -0.2) is 21.2 Å². The molecule has 1 aromatic heterocycles. The van der Waals surface area contributed by atoms with Crippen molar-refractivity contribution in [1.82, 2.24) is 10.1 Å². The summed E-state index contributed by atoms with van der Waals surface area (Å²) in [4.78, 5) is 15.0. The highest BCUT2D eigenvalue weighted by Gasteiger charge is 2.16. The molecule has 0 spiro atoms. The summed E-state index contributed by atoms with van der Waals surface area (Å²) in [5.41, 5.74) is 1.83. The monoisotopic (exact) mass is 338 g/mol. The molecule has 3 aromatic rings. The molecular weight excluding hydrogens is 320 g/mol. The Hall–Kier alpha value is -3.15. The van der Waals surface area contributed by atoms with Crippen LogP contribution in [0.4, 0.5) is 0 Å². The molecule has 0 radical (unpaired) electrons. The lowest BCUT2D eigenvalue weighted by atomic mass is 10.1.